The highest BCUT2D eigenvalue weighted by Gasteiger charge is 2.38. The largest absolute Gasteiger partial charge is 0.494 e. The minimum absolute atomic E-state index is 0.162. The molecule has 0 saturated carbocycles. The third kappa shape index (κ3) is 19.8. The third-order valence-corrected chi connectivity index (χ3v) is 17.0. The number of carbonyl (C=O) groups excluding carboxylic acids is 2. The van der Waals surface area contributed by atoms with Gasteiger partial charge in [-0.2, -0.15) is 0 Å². The Bertz CT molecular complexity index is 3070. The first-order valence-electron chi connectivity index (χ1n) is 32.5. The van der Waals surface area contributed by atoms with Crippen LogP contribution in [0.4, 0.5) is 0 Å². The van der Waals surface area contributed by atoms with Gasteiger partial charge >= 0.3 is 11.9 Å². The summed E-state index contributed by atoms with van der Waals surface area (Å²) in [6.07, 6.45) is 19.1. The molecule has 0 aliphatic carbocycles. The van der Waals surface area contributed by atoms with Crippen LogP contribution in [0.1, 0.15) is 136 Å². The predicted octanol–water partition coefficient (Wildman–Crippen LogP) is 18.1. The van der Waals surface area contributed by atoms with E-state index in [4.69, 9.17) is 47.4 Å². The van der Waals surface area contributed by atoms with Crippen LogP contribution in [-0.2, 0) is 22.3 Å². The van der Waals surface area contributed by atoms with Crippen LogP contribution >= 0.6 is 0 Å². The summed E-state index contributed by atoms with van der Waals surface area (Å²) in [6, 6.07) is 50.6. The van der Waals surface area contributed by atoms with E-state index in [9.17, 15) is 9.59 Å². The second-order valence-corrected chi connectivity index (χ2v) is 23.9. The van der Waals surface area contributed by atoms with E-state index in [2.05, 4.69) is 75.5 Å². The van der Waals surface area contributed by atoms with E-state index in [1.165, 1.54) is 0 Å². The molecule has 2 aliphatic rings. The maximum absolute atomic E-state index is 13.5. The topological polar surface area (TPSA) is 126 Å². The van der Waals surface area contributed by atoms with Crippen molar-refractivity contribution in [3.63, 3.8) is 0 Å². The zero-order valence-corrected chi connectivity index (χ0v) is 52.9. The van der Waals surface area contributed by atoms with Crippen molar-refractivity contribution in [2.24, 2.45) is 10.8 Å². The molecule has 9 rings (SSSR count). The quantitative estimate of drug-likeness (QED) is 0.0157. The standard InChI is InChI=1S/C78H90O12/c1-5-21-65-51-74(90-76(80)64-33-45-70(46-34-64)86-50-20-16-12-10-14-18-48-84-68-37-25-60(26-38-68)62-29-41-72(42-30-62)88-58-78(8-4)55-82-56-78)66(22-6-2)52-73(65)89-75(79)63-31-43-69(44-32-63)85-49-19-15-11-9-13-17-47-83-67-35-23-59(24-36-67)61-27-39-71(40-28-61)87-57-77(7-3)53-81-54-77/h5-6,23-46,51-52H,1-2,7-22,47-50,53-58H2,3-4H3. The Morgan fingerprint density at radius 1 is 0.378 bits per heavy atom. The first kappa shape index (κ1) is 66.1. The van der Waals surface area contributed by atoms with E-state index >= 15 is 0 Å². The summed E-state index contributed by atoms with van der Waals surface area (Å²) >= 11 is 0. The highest BCUT2D eigenvalue weighted by Crippen LogP contribution is 2.36. The van der Waals surface area contributed by atoms with Crippen LogP contribution in [-0.4, -0.2) is 78.0 Å². The van der Waals surface area contributed by atoms with Gasteiger partial charge in [0, 0.05) is 11.1 Å². The molecule has 0 atom stereocenters. The average Bonchev–Trinajstić information content (AvgIpc) is 3.28. The Balaban J connectivity index is 0.607. The summed E-state index contributed by atoms with van der Waals surface area (Å²) in [5, 5.41) is 0. The van der Waals surface area contributed by atoms with Crippen molar-refractivity contribution in [1.29, 1.82) is 0 Å². The maximum Gasteiger partial charge on any atom is 0.343 e. The lowest BCUT2D eigenvalue weighted by molar-refractivity contribution is -0.133. The summed E-state index contributed by atoms with van der Waals surface area (Å²) in [5.41, 5.74) is 6.96. The SMILES string of the molecule is C=CCc1cc(OC(=O)c2ccc(OCCCCCCCCOc3ccc(-c4ccc(OCC5(CC)COC5)cc4)cc3)cc2)c(CC=C)cc1OC(=O)c1ccc(OCCCCCCCCOc2ccc(-c3ccc(OCC4(CC)COC4)cc3)cc2)cc1. The summed E-state index contributed by atoms with van der Waals surface area (Å²) < 4.78 is 59.0. The third-order valence-electron chi connectivity index (χ3n) is 17.0. The zero-order valence-electron chi connectivity index (χ0n) is 52.9. The van der Waals surface area contributed by atoms with Gasteiger partial charge in [0.1, 0.15) is 46.0 Å². The lowest BCUT2D eigenvalue weighted by Crippen LogP contribution is -2.46. The summed E-state index contributed by atoms with van der Waals surface area (Å²) in [5.74, 6) is 4.60. The monoisotopic (exact) mass is 1220 g/mol. The molecular formula is C78H90O12. The average molecular weight is 1220 g/mol. The second kappa shape index (κ2) is 34.6. The van der Waals surface area contributed by atoms with Crippen molar-refractivity contribution >= 4 is 11.9 Å². The number of benzene rings is 7. The molecule has 0 bridgehead atoms. The van der Waals surface area contributed by atoms with Gasteiger partial charge in [-0.1, -0.05) is 126 Å². The van der Waals surface area contributed by atoms with Crippen molar-refractivity contribution in [1.82, 2.24) is 0 Å². The molecule has 2 aliphatic heterocycles. The minimum Gasteiger partial charge on any atom is -0.494 e. The van der Waals surface area contributed by atoms with Crippen LogP contribution in [0.3, 0.4) is 0 Å². The van der Waals surface area contributed by atoms with E-state index in [0.29, 0.717) is 97.7 Å². The molecule has 90 heavy (non-hydrogen) atoms. The molecule has 0 radical (unpaired) electrons. The normalized spacial score (nSPS) is 13.6. The fourth-order valence-electron chi connectivity index (χ4n) is 10.7. The molecule has 2 saturated heterocycles. The van der Waals surface area contributed by atoms with E-state index < -0.39 is 11.9 Å². The van der Waals surface area contributed by atoms with Gasteiger partial charge in [-0.15, -0.1) is 13.2 Å². The summed E-state index contributed by atoms with van der Waals surface area (Å²) in [4.78, 5) is 27.0. The Labute approximate surface area is 533 Å². The number of hydrogen-bond acceptors (Lipinski definition) is 12. The van der Waals surface area contributed by atoms with Crippen molar-refractivity contribution in [2.75, 3.05) is 66.1 Å². The summed E-state index contributed by atoms with van der Waals surface area (Å²) in [7, 11) is 0. The van der Waals surface area contributed by atoms with Gasteiger partial charge in [0.15, 0.2) is 0 Å². The van der Waals surface area contributed by atoms with E-state index in [0.717, 1.165) is 162 Å². The van der Waals surface area contributed by atoms with Crippen LogP contribution < -0.4 is 37.9 Å². The highest BCUT2D eigenvalue weighted by molar-refractivity contribution is 5.92. The molecule has 0 amide bonds. The number of rotatable bonds is 40. The predicted molar refractivity (Wildman–Crippen MR) is 356 cm³/mol. The molecule has 2 heterocycles. The van der Waals surface area contributed by atoms with E-state index in [-0.39, 0.29) is 10.8 Å². The van der Waals surface area contributed by atoms with Gasteiger partial charge in [-0.25, -0.2) is 9.59 Å². The number of carbonyl (C=O) groups is 2. The Morgan fingerprint density at radius 3 is 0.878 bits per heavy atom. The van der Waals surface area contributed by atoms with Crippen LogP contribution in [0, 0.1) is 10.8 Å². The molecule has 0 aromatic heterocycles. The second-order valence-electron chi connectivity index (χ2n) is 23.9. The maximum atomic E-state index is 13.5. The fourth-order valence-corrected chi connectivity index (χ4v) is 10.7. The Morgan fingerprint density at radius 2 is 0.633 bits per heavy atom. The van der Waals surface area contributed by atoms with Crippen molar-refractivity contribution < 1.29 is 57.0 Å². The number of ether oxygens (including phenoxy) is 10. The van der Waals surface area contributed by atoms with Gasteiger partial charge in [0.25, 0.3) is 0 Å². The molecule has 474 valence electrons. The first-order valence-corrected chi connectivity index (χ1v) is 32.5. The van der Waals surface area contributed by atoms with Gasteiger partial charge in [-0.05, 0) is 183 Å². The molecule has 0 spiro atoms. The van der Waals surface area contributed by atoms with Crippen LogP contribution in [0.25, 0.3) is 22.3 Å². The number of esters is 2. The van der Waals surface area contributed by atoms with Crippen molar-refractivity contribution in [3.05, 3.63) is 205 Å². The number of unbranched alkanes of at least 4 members (excludes halogenated alkanes) is 10. The number of allylic oxidation sites excluding steroid dienone is 2. The van der Waals surface area contributed by atoms with E-state index in [1.807, 2.05) is 48.5 Å². The fraction of sp³-hybridized carbons (Fsp3) is 0.385. The lowest BCUT2D eigenvalue weighted by atomic mass is 9.84. The Kier molecular flexibility index (Phi) is 25.4. The van der Waals surface area contributed by atoms with Gasteiger partial charge in [0.05, 0.1) is 88.0 Å². The minimum atomic E-state index is -0.516. The summed E-state index contributed by atoms with van der Waals surface area (Å²) in [6.45, 7) is 19.3. The van der Waals surface area contributed by atoms with Crippen molar-refractivity contribution in [3.8, 4) is 68.2 Å². The molecule has 2 fully saturated rings. The zero-order chi connectivity index (χ0) is 62.6. The molecule has 0 N–H and O–H groups in total. The van der Waals surface area contributed by atoms with Crippen LogP contribution in [0.2, 0.25) is 0 Å². The van der Waals surface area contributed by atoms with Crippen LogP contribution in [0.5, 0.6) is 46.0 Å². The molecular weight excluding hydrogens is 1130 g/mol. The lowest BCUT2D eigenvalue weighted by Gasteiger charge is -2.40. The van der Waals surface area contributed by atoms with Gasteiger partial charge in [0.2, 0.25) is 0 Å². The first-order chi connectivity index (χ1) is 44.1. The number of hydrogen-bond donors (Lipinski definition) is 0. The van der Waals surface area contributed by atoms with E-state index in [1.54, 1.807) is 72.8 Å². The highest BCUT2D eigenvalue weighted by atomic mass is 16.5. The van der Waals surface area contributed by atoms with Crippen LogP contribution in [0.15, 0.2) is 183 Å². The Hall–Kier alpha value is -8.32. The molecule has 7 aromatic rings. The van der Waals surface area contributed by atoms with Gasteiger partial charge in [-0.3, -0.25) is 0 Å². The van der Waals surface area contributed by atoms with Crippen molar-refractivity contribution in [2.45, 2.75) is 117 Å². The molecule has 12 heteroatoms. The molecule has 12 nitrogen and oxygen atoms in total. The molecule has 0 unspecified atom stereocenters. The smallest absolute Gasteiger partial charge is 0.343 e. The van der Waals surface area contributed by atoms with Gasteiger partial charge < -0.3 is 47.4 Å². The molecule has 7 aromatic carbocycles.